The van der Waals surface area contributed by atoms with Gasteiger partial charge in [-0.1, -0.05) is 6.07 Å². The number of rotatable bonds is 3. The average Bonchev–Trinajstić information content (AvgIpc) is 2.14. The molecule has 1 unspecified atom stereocenters. The Morgan fingerprint density at radius 2 is 1.65 bits per heavy atom. The first-order valence-electron chi connectivity index (χ1n) is 5.33. The van der Waals surface area contributed by atoms with Crippen molar-refractivity contribution < 1.29 is 13.2 Å². The van der Waals surface area contributed by atoms with Crippen LogP contribution >= 0.6 is 0 Å². The van der Waals surface area contributed by atoms with Gasteiger partial charge in [0.25, 0.3) is 0 Å². The third-order valence-corrected chi connectivity index (χ3v) is 2.68. The number of nitrogens with two attached hydrogens (primary N) is 1. The molecule has 0 fully saturated rings. The zero-order valence-electron chi connectivity index (χ0n) is 10.2. The predicted octanol–water partition coefficient (Wildman–Crippen LogP) is 2.63. The number of alkyl halides is 3. The van der Waals surface area contributed by atoms with Crippen LogP contribution in [0.25, 0.3) is 0 Å². The first kappa shape index (κ1) is 13.8. The van der Waals surface area contributed by atoms with Crippen molar-refractivity contribution in [2.24, 2.45) is 5.73 Å². The van der Waals surface area contributed by atoms with Gasteiger partial charge in [-0.15, -0.1) is 0 Å². The normalized spacial score (nSPS) is 13.6. The molecule has 0 bridgehead atoms. The fraction of sp³-hybridized carbons (Fsp3) is 0.500. The van der Waals surface area contributed by atoms with Gasteiger partial charge in [0, 0.05) is 19.3 Å². The van der Waals surface area contributed by atoms with E-state index >= 15 is 0 Å². The van der Waals surface area contributed by atoms with Crippen LogP contribution in [0.1, 0.15) is 11.1 Å². The Labute approximate surface area is 99.2 Å². The van der Waals surface area contributed by atoms with Gasteiger partial charge in [0.05, 0.1) is 0 Å². The molecule has 2 nitrogen and oxygen atoms in total. The highest BCUT2D eigenvalue weighted by atomic mass is 19.4. The van der Waals surface area contributed by atoms with Gasteiger partial charge in [-0.3, -0.25) is 0 Å². The van der Waals surface area contributed by atoms with Crippen LogP contribution in [0.15, 0.2) is 18.2 Å². The van der Waals surface area contributed by atoms with Crippen molar-refractivity contribution in [2.75, 3.05) is 18.5 Å². The lowest BCUT2D eigenvalue weighted by molar-refractivity contribution is -0.145. The van der Waals surface area contributed by atoms with Crippen molar-refractivity contribution in [3.05, 3.63) is 29.3 Å². The Morgan fingerprint density at radius 3 is 2.00 bits per heavy atom. The number of benzene rings is 1. The van der Waals surface area contributed by atoms with Gasteiger partial charge in [-0.05, 0) is 37.1 Å². The van der Waals surface area contributed by atoms with Crippen LogP contribution in [0.3, 0.4) is 0 Å². The molecular weight excluding hydrogens is 229 g/mol. The largest absolute Gasteiger partial charge is 0.409 e. The molecule has 0 aliphatic carbocycles. The van der Waals surface area contributed by atoms with Crippen molar-refractivity contribution in [1.29, 1.82) is 0 Å². The first-order chi connectivity index (χ1) is 7.75. The van der Waals surface area contributed by atoms with E-state index in [4.69, 9.17) is 5.73 Å². The lowest BCUT2D eigenvalue weighted by Gasteiger charge is -2.31. The SMILES string of the molecule is Cc1cc(C)cc(N(C)C(CN)C(F)(F)F)c1. The lowest BCUT2D eigenvalue weighted by atomic mass is 10.1. The van der Waals surface area contributed by atoms with E-state index in [1.165, 1.54) is 11.9 Å². The van der Waals surface area contributed by atoms with E-state index in [1.807, 2.05) is 19.9 Å². The molecule has 0 aliphatic rings. The number of hydrogen-bond donors (Lipinski definition) is 1. The Kier molecular flexibility index (Phi) is 4.03. The maximum absolute atomic E-state index is 12.7. The molecule has 96 valence electrons. The molecular formula is C12H17F3N2. The number of halogens is 3. The van der Waals surface area contributed by atoms with E-state index in [0.717, 1.165) is 11.1 Å². The minimum Gasteiger partial charge on any atom is -0.362 e. The van der Waals surface area contributed by atoms with Gasteiger partial charge < -0.3 is 10.6 Å². The highest BCUT2D eigenvalue weighted by molar-refractivity contribution is 5.51. The summed E-state index contributed by atoms with van der Waals surface area (Å²) in [5.74, 6) is 0. The van der Waals surface area contributed by atoms with Gasteiger partial charge in [-0.2, -0.15) is 13.2 Å². The minimum atomic E-state index is -4.32. The van der Waals surface area contributed by atoms with Crippen LogP contribution in [-0.4, -0.2) is 25.8 Å². The molecule has 0 radical (unpaired) electrons. The summed E-state index contributed by atoms with van der Waals surface area (Å²) in [6, 6.07) is 3.72. The number of anilines is 1. The van der Waals surface area contributed by atoms with E-state index in [0.29, 0.717) is 5.69 Å². The fourth-order valence-corrected chi connectivity index (χ4v) is 1.85. The van der Waals surface area contributed by atoms with Gasteiger partial charge >= 0.3 is 6.18 Å². The number of nitrogens with zero attached hydrogens (tertiary/aromatic N) is 1. The molecule has 0 saturated carbocycles. The molecule has 17 heavy (non-hydrogen) atoms. The van der Waals surface area contributed by atoms with E-state index in [1.54, 1.807) is 12.1 Å². The van der Waals surface area contributed by atoms with Crippen molar-refractivity contribution >= 4 is 5.69 Å². The van der Waals surface area contributed by atoms with Crippen LogP contribution < -0.4 is 10.6 Å². The second-order valence-electron chi connectivity index (χ2n) is 4.25. The standard InChI is InChI=1S/C12H17F3N2/c1-8-4-9(2)6-10(5-8)17(3)11(7-16)12(13,14)15/h4-6,11H,7,16H2,1-3H3. The summed E-state index contributed by atoms with van der Waals surface area (Å²) < 4.78 is 38.2. The van der Waals surface area contributed by atoms with Crippen molar-refractivity contribution in [1.82, 2.24) is 0 Å². The molecule has 0 saturated heterocycles. The summed E-state index contributed by atoms with van der Waals surface area (Å²) in [6.45, 7) is 3.26. The maximum atomic E-state index is 12.7. The van der Waals surface area contributed by atoms with Gasteiger partial charge in [-0.25, -0.2) is 0 Å². The molecule has 2 N–H and O–H groups in total. The molecule has 0 aromatic heterocycles. The summed E-state index contributed by atoms with van der Waals surface area (Å²) in [5.41, 5.74) is 7.62. The van der Waals surface area contributed by atoms with E-state index < -0.39 is 18.8 Å². The Morgan fingerprint density at radius 1 is 1.18 bits per heavy atom. The molecule has 0 heterocycles. The minimum absolute atomic E-state index is 0.451. The molecule has 0 aliphatic heterocycles. The summed E-state index contributed by atoms with van der Waals surface area (Å²) in [6.07, 6.45) is -4.32. The summed E-state index contributed by atoms with van der Waals surface area (Å²) in [4.78, 5) is 1.18. The summed E-state index contributed by atoms with van der Waals surface area (Å²) in [7, 11) is 1.42. The second kappa shape index (κ2) is 4.96. The summed E-state index contributed by atoms with van der Waals surface area (Å²) in [5, 5.41) is 0. The lowest BCUT2D eigenvalue weighted by Crippen LogP contribution is -2.48. The Bertz CT molecular complexity index is 368. The number of hydrogen-bond acceptors (Lipinski definition) is 2. The topological polar surface area (TPSA) is 29.3 Å². The van der Waals surface area contributed by atoms with Crippen molar-refractivity contribution in [3.63, 3.8) is 0 Å². The predicted molar refractivity (Wildman–Crippen MR) is 63.2 cm³/mol. The third-order valence-electron chi connectivity index (χ3n) is 2.68. The smallest absolute Gasteiger partial charge is 0.362 e. The molecule has 1 aromatic carbocycles. The summed E-state index contributed by atoms with van der Waals surface area (Å²) >= 11 is 0. The molecule has 1 atom stereocenters. The van der Waals surface area contributed by atoms with Crippen LogP contribution in [-0.2, 0) is 0 Å². The maximum Gasteiger partial charge on any atom is 0.409 e. The van der Waals surface area contributed by atoms with Crippen LogP contribution in [0, 0.1) is 13.8 Å². The highest BCUT2D eigenvalue weighted by Gasteiger charge is 2.41. The molecule has 5 heteroatoms. The first-order valence-corrected chi connectivity index (χ1v) is 5.33. The molecule has 1 rings (SSSR count). The van der Waals surface area contributed by atoms with Gasteiger partial charge in [0.1, 0.15) is 6.04 Å². The molecule has 0 spiro atoms. The third kappa shape index (κ3) is 3.36. The van der Waals surface area contributed by atoms with Gasteiger partial charge in [0.15, 0.2) is 0 Å². The highest BCUT2D eigenvalue weighted by Crippen LogP contribution is 2.28. The fourth-order valence-electron chi connectivity index (χ4n) is 1.85. The van der Waals surface area contributed by atoms with Crippen LogP contribution in [0.4, 0.5) is 18.9 Å². The Balaban J connectivity index is 3.06. The monoisotopic (exact) mass is 246 g/mol. The molecule has 1 aromatic rings. The van der Waals surface area contributed by atoms with Crippen LogP contribution in [0.2, 0.25) is 0 Å². The van der Waals surface area contributed by atoms with Crippen LogP contribution in [0.5, 0.6) is 0 Å². The van der Waals surface area contributed by atoms with E-state index in [9.17, 15) is 13.2 Å². The number of likely N-dealkylation sites (N-methyl/N-ethyl adjacent to an activating group) is 1. The van der Waals surface area contributed by atoms with Gasteiger partial charge in [0.2, 0.25) is 0 Å². The van der Waals surface area contributed by atoms with Crippen molar-refractivity contribution in [2.45, 2.75) is 26.1 Å². The zero-order chi connectivity index (χ0) is 13.2. The van der Waals surface area contributed by atoms with E-state index in [2.05, 4.69) is 0 Å². The van der Waals surface area contributed by atoms with E-state index in [-0.39, 0.29) is 0 Å². The Hall–Kier alpha value is -1.23. The van der Waals surface area contributed by atoms with Crippen molar-refractivity contribution in [3.8, 4) is 0 Å². The zero-order valence-corrected chi connectivity index (χ0v) is 10.2. The quantitative estimate of drug-likeness (QED) is 0.888. The number of aryl methyl sites for hydroxylation is 2. The average molecular weight is 246 g/mol. The molecule has 0 amide bonds. The second-order valence-corrected chi connectivity index (χ2v) is 4.25.